The lowest BCUT2D eigenvalue weighted by Crippen LogP contribution is -2.33. The number of carbonyl (C=O) groups is 1. The van der Waals surface area contributed by atoms with E-state index in [1.54, 1.807) is 24.3 Å². The molecule has 0 aromatic heterocycles. The van der Waals surface area contributed by atoms with E-state index in [1.807, 2.05) is 6.07 Å². The fraction of sp³-hybridized carbons (Fsp3) is 0.333. The van der Waals surface area contributed by atoms with Gasteiger partial charge in [0.25, 0.3) is 5.91 Å². The van der Waals surface area contributed by atoms with E-state index in [0.29, 0.717) is 23.9 Å². The molecule has 116 valence electrons. The van der Waals surface area contributed by atoms with Crippen molar-refractivity contribution in [2.24, 2.45) is 0 Å². The summed E-state index contributed by atoms with van der Waals surface area (Å²) in [5.41, 5.74) is 0.482. The van der Waals surface area contributed by atoms with E-state index in [2.05, 4.69) is 23.3 Å². The van der Waals surface area contributed by atoms with E-state index in [0.717, 1.165) is 12.8 Å². The molecule has 0 spiro atoms. The SMILES string of the molecule is N#CC(C(=O)NC[C@H]1CCCO1)=C(S)Nc1ccccc1Cl. The van der Waals surface area contributed by atoms with Crippen LogP contribution in [0, 0.1) is 11.3 Å². The van der Waals surface area contributed by atoms with Gasteiger partial charge < -0.3 is 15.4 Å². The number of nitriles is 1. The summed E-state index contributed by atoms with van der Waals surface area (Å²) in [5, 5.41) is 15.4. The van der Waals surface area contributed by atoms with E-state index in [1.165, 1.54) is 0 Å². The number of para-hydroxylation sites is 1. The topological polar surface area (TPSA) is 74.2 Å². The molecule has 1 atom stereocenters. The molecule has 1 aromatic carbocycles. The van der Waals surface area contributed by atoms with Gasteiger partial charge in [0, 0.05) is 13.2 Å². The average molecular weight is 338 g/mol. The molecule has 22 heavy (non-hydrogen) atoms. The Labute approximate surface area is 139 Å². The van der Waals surface area contributed by atoms with Crippen LogP contribution in [0.2, 0.25) is 5.02 Å². The van der Waals surface area contributed by atoms with Gasteiger partial charge in [0.05, 0.1) is 21.8 Å². The Morgan fingerprint density at radius 2 is 2.27 bits per heavy atom. The van der Waals surface area contributed by atoms with Gasteiger partial charge in [-0.25, -0.2) is 0 Å². The molecule has 1 amide bonds. The lowest BCUT2D eigenvalue weighted by atomic mass is 10.2. The number of thiol groups is 1. The predicted molar refractivity (Wildman–Crippen MR) is 88.7 cm³/mol. The number of hydrogen-bond acceptors (Lipinski definition) is 5. The second kappa shape index (κ2) is 8.08. The smallest absolute Gasteiger partial charge is 0.264 e. The maximum absolute atomic E-state index is 12.1. The molecule has 0 saturated carbocycles. The molecule has 1 aliphatic heterocycles. The highest BCUT2D eigenvalue weighted by Crippen LogP contribution is 2.24. The van der Waals surface area contributed by atoms with Crippen molar-refractivity contribution in [1.82, 2.24) is 5.32 Å². The molecular weight excluding hydrogens is 322 g/mol. The molecule has 1 aromatic rings. The summed E-state index contributed by atoms with van der Waals surface area (Å²) in [7, 11) is 0. The van der Waals surface area contributed by atoms with Gasteiger partial charge in [-0.1, -0.05) is 23.7 Å². The van der Waals surface area contributed by atoms with Gasteiger partial charge in [0.1, 0.15) is 11.6 Å². The Kier molecular flexibility index (Phi) is 6.13. The monoisotopic (exact) mass is 337 g/mol. The molecule has 1 heterocycles. The quantitative estimate of drug-likeness (QED) is 0.439. The summed E-state index contributed by atoms with van der Waals surface area (Å²) in [5.74, 6) is -0.484. The molecule has 0 bridgehead atoms. The Bertz CT molecular complexity index is 621. The van der Waals surface area contributed by atoms with E-state index < -0.39 is 5.91 Å². The van der Waals surface area contributed by atoms with Crippen LogP contribution in [0.4, 0.5) is 5.69 Å². The number of nitrogens with one attached hydrogen (secondary N) is 2. The van der Waals surface area contributed by atoms with Crippen molar-refractivity contribution in [1.29, 1.82) is 5.26 Å². The summed E-state index contributed by atoms with van der Waals surface area (Å²) < 4.78 is 5.42. The minimum absolute atomic E-state index is 0.0174. The molecule has 1 saturated heterocycles. The number of rotatable bonds is 5. The van der Waals surface area contributed by atoms with Crippen LogP contribution in [-0.4, -0.2) is 25.2 Å². The number of ether oxygens (including phenoxy) is 1. The van der Waals surface area contributed by atoms with E-state index in [-0.39, 0.29) is 16.7 Å². The number of benzene rings is 1. The normalized spacial score (nSPS) is 18.3. The zero-order valence-electron chi connectivity index (χ0n) is 11.8. The van der Waals surface area contributed by atoms with Crippen LogP contribution < -0.4 is 10.6 Å². The Morgan fingerprint density at radius 3 is 2.91 bits per heavy atom. The molecule has 1 aliphatic rings. The van der Waals surface area contributed by atoms with Gasteiger partial charge in [-0.3, -0.25) is 4.79 Å². The molecule has 0 aliphatic carbocycles. The number of nitrogens with zero attached hydrogens (tertiary/aromatic N) is 1. The number of anilines is 1. The van der Waals surface area contributed by atoms with Crippen molar-refractivity contribution in [3.05, 3.63) is 39.9 Å². The zero-order chi connectivity index (χ0) is 15.9. The number of hydrogen-bond donors (Lipinski definition) is 3. The van der Waals surface area contributed by atoms with E-state index in [4.69, 9.17) is 16.3 Å². The molecule has 5 nitrogen and oxygen atoms in total. The van der Waals surface area contributed by atoms with Crippen molar-refractivity contribution in [2.45, 2.75) is 18.9 Å². The lowest BCUT2D eigenvalue weighted by molar-refractivity contribution is -0.117. The summed E-state index contributed by atoms with van der Waals surface area (Å²) in [6.45, 7) is 1.10. The van der Waals surface area contributed by atoms with Crippen molar-refractivity contribution < 1.29 is 9.53 Å². The van der Waals surface area contributed by atoms with Gasteiger partial charge in [0.2, 0.25) is 0 Å². The summed E-state index contributed by atoms with van der Waals surface area (Å²) in [4.78, 5) is 12.1. The number of amides is 1. The fourth-order valence-corrected chi connectivity index (χ4v) is 2.52. The van der Waals surface area contributed by atoms with Crippen molar-refractivity contribution >= 4 is 35.8 Å². The molecular formula is C15H16ClN3O2S. The van der Waals surface area contributed by atoms with Crippen LogP contribution in [0.3, 0.4) is 0 Å². The fourth-order valence-electron chi connectivity index (χ4n) is 2.06. The first-order chi connectivity index (χ1) is 10.6. The molecule has 7 heteroatoms. The van der Waals surface area contributed by atoms with E-state index in [9.17, 15) is 10.1 Å². The Balaban J connectivity index is 2.02. The van der Waals surface area contributed by atoms with Crippen molar-refractivity contribution in [2.75, 3.05) is 18.5 Å². The highest BCUT2D eigenvalue weighted by molar-refractivity contribution is 7.84. The third kappa shape index (κ3) is 4.41. The first kappa shape index (κ1) is 16.7. The maximum atomic E-state index is 12.1. The standard InChI is InChI=1S/C15H16ClN3O2S/c16-12-5-1-2-6-13(12)19-15(22)11(8-17)14(20)18-9-10-4-3-7-21-10/h1-2,5-6,10,19,22H,3-4,7,9H2,(H,18,20)/t10-/m1/s1. The number of carbonyl (C=O) groups excluding carboxylic acids is 1. The van der Waals surface area contributed by atoms with Crippen LogP contribution in [0.1, 0.15) is 12.8 Å². The van der Waals surface area contributed by atoms with Crippen LogP contribution in [-0.2, 0) is 9.53 Å². The van der Waals surface area contributed by atoms with Gasteiger partial charge in [-0.15, -0.1) is 12.6 Å². The van der Waals surface area contributed by atoms with Gasteiger partial charge in [-0.2, -0.15) is 5.26 Å². The third-order valence-corrected chi connectivity index (χ3v) is 3.88. The van der Waals surface area contributed by atoms with Gasteiger partial charge in [0.15, 0.2) is 0 Å². The average Bonchev–Trinajstić information content (AvgIpc) is 3.01. The highest BCUT2D eigenvalue weighted by atomic mass is 35.5. The van der Waals surface area contributed by atoms with Gasteiger partial charge in [-0.05, 0) is 25.0 Å². The maximum Gasteiger partial charge on any atom is 0.264 e. The first-order valence-corrected chi connectivity index (χ1v) is 7.69. The van der Waals surface area contributed by atoms with Crippen molar-refractivity contribution in [3.8, 4) is 6.07 Å². The second-order valence-corrected chi connectivity index (χ2v) is 5.64. The molecule has 2 rings (SSSR count). The van der Waals surface area contributed by atoms with E-state index >= 15 is 0 Å². The third-order valence-electron chi connectivity index (χ3n) is 3.22. The Hall–Kier alpha value is -1.68. The molecule has 2 N–H and O–H groups in total. The summed E-state index contributed by atoms with van der Waals surface area (Å²) >= 11 is 10.2. The van der Waals surface area contributed by atoms with Crippen LogP contribution >= 0.6 is 24.2 Å². The largest absolute Gasteiger partial charge is 0.376 e. The summed E-state index contributed by atoms with van der Waals surface area (Å²) in [6.07, 6.45) is 1.92. The molecule has 1 fully saturated rings. The first-order valence-electron chi connectivity index (χ1n) is 6.86. The zero-order valence-corrected chi connectivity index (χ0v) is 13.5. The Morgan fingerprint density at radius 1 is 1.50 bits per heavy atom. The lowest BCUT2D eigenvalue weighted by Gasteiger charge is -2.12. The van der Waals surface area contributed by atoms with Crippen LogP contribution in [0.15, 0.2) is 34.9 Å². The molecule has 0 unspecified atom stereocenters. The minimum Gasteiger partial charge on any atom is -0.376 e. The van der Waals surface area contributed by atoms with Crippen LogP contribution in [0.5, 0.6) is 0 Å². The number of halogens is 1. The predicted octanol–water partition coefficient (Wildman–Crippen LogP) is 2.71. The van der Waals surface area contributed by atoms with Crippen molar-refractivity contribution in [3.63, 3.8) is 0 Å². The minimum atomic E-state index is -0.484. The van der Waals surface area contributed by atoms with Crippen LogP contribution in [0.25, 0.3) is 0 Å². The molecule has 0 radical (unpaired) electrons. The highest BCUT2D eigenvalue weighted by Gasteiger charge is 2.19. The second-order valence-electron chi connectivity index (χ2n) is 4.79. The van der Waals surface area contributed by atoms with Gasteiger partial charge >= 0.3 is 0 Å². The summed E-state index contributed by atoms with van der Waals surface area (Å²) in [6, 6.07) is 8.88.